The molecule has 1 aliphatic rings. The first-order valence-electron chi connectivity index (χ1n) is 2.74. The molecule has 1 unspecified atom stereocenters. The second-order valence-corrected chi connectivity index (χ2v) is 2.09. The highest BCUT2D eigenvalue weighted by molar-refractivity contribution is 4.64. The fourth-order valence-corrected chi connectivity index (χ4v) is 0.636. The Kier molecular flexibility index (Phi) is 1.69. The summed E-state index contributed by atoms with van der Waals surface area (Å²) >= 11 is 0. The third kappa shape index (κ3) is 1.48. The Morgan fingerprint density at radius 3 is 2.86 bits per heavy atom. The van der Waals surface area contributed by atoms with Crippen molar-refractivity contribution >= 4 is 0 Å². The first-order chi connectivity index (χ1) is 3.39. The van der Waals surface area contributed by atoms with Crippen LogP contribution in [0.5, 0.6) is 0 Å². The highest BCUT2D eigenvalue weighted by atomic mass is 16.5. The lowest BCUT2D eigenvalue weighted by molar-refractivity contribution is 0.128. The minimum absolute atomic E-state index is 0.800. The van der Waals surface area contributed by atoms with E-state index in [1.807, 2.05) is 0 Å². The van der Waals surface area contributed by atoms with Gasteiger partial charge < -0.3 is 4.74 Å². The summed E-state index contributed by atoms with van der Waals surface area (Å²) in [5.74, 6) is 0.800. The molecule has 0 bridgehead atoms. The number of rotatable bonds is 0. The molecule has 0 saturated carbocycles. The van der Waals surface area contributed by atoms with Gasteiger partial charge in [0.1, 0.15) is 6.61 Å². The summed E-state index contributed by atoms with van der Waals surface area (Å²) in [5.41, 5.74) is 0. The maximum atomic E-state index is 4.89. The van der Waals surface area contributed by atoms with E-state index in [1.54, 1.807) is 0 Å². The van der Waals surface area contributed by atoms with Gasteiger partial charge in [0.15, 0.2) is 0 Å². The monoisotopic (exact) mass is 98.1 g/mol. The van der Waals surface area contributed by atoms with Gasteiger partial charge in [0.2, 0.25) is 0 Å². The maximum Gasteiger partial charge on any atom is 0.132 e. The van der Waals surface area contributed by atoms with Crippen LogP contribution in [0.15, 0.2) is 0 Å². The minimum atomic E-state index is 0.800. The molecule has 0 N–H and O–H groups in total. The molecule has 1 atom stereocenters. The molecule has 0 aliphatic carbocycles. The van der Waals surface area contributed by atoms with Gasteiger partial charge in [-0.1, -0.05) is 6.92 Å². The molecule has 0 aromatic carbocycles. The fourth-order valence-electron chi connectivity index (χ4n) is 0.636. The van der Waals surface area contributed by atoms with E-state index in [0.717, 1.165) is 18.9 Å². The molecule has 1 heteroatoms. The van der Waals surface area contributed by atoms with Crippen molar-refractivity contribution < 1.29 is 4.74 Å². The molecule has 1 nitrogen and oxygen atoms in total. The van der Waals surface area contributed by atoms with E-state index in [1.165, 1.54) is 6.42 Å². The third-order valence-electron chi connectivity index (χ3n) is 1.25. The van der Waals surface area contributed by atoms with E-state index in [0.29, 0.717) is 0 Å². The average Bonchev–Trinajstić information content (AvgIpc) is 1.69. The van der Waals surface area contributed by atoms with Crippen molar-refractivity contribution in [1.29, 1.82) is 0 Å². The summed E-state index contributed by atoms with van der Waals surface area (Å²) in [7, 11) is 0. The molecule has 0 amide bonds. The molecule has 7 heavy (non-hydrogen) atoms. The van der Waals surface area contributed by atoms with Crippen LogP contribution in [0.4, 0.5) is 0 Å². The zero-order valence-electron chi connectivity index (χ0n) is 4.61. The molecule has 1 aliphatic heterocycles. The maximum absolute atomic E-state index is 4.89. The van der Waals surface area contributed by atoms with E-state index in [9.17, 15) is 0 Å². The Hall–Kier alpha value is -0.0400. The number of hydrogen-bond acceptors (Lipinski definition) is 1. The lowest BCUT2D eigenvalue weighted by Crippen LogP contribution is -2.08. The highest BCUT2D eigenvalue weighted by Crippen LogP contribution is 2.14. The fraction of sp³-hybridized carbons (Fsp3) is 0.833. The van der Waals surface area contributed by atoms with Crippen LogP contribution < -0.4 is 0 Å². The highest BCUT2D eigenvalue weighted by Gasteiger charge is 2.07. The van der Waals surface area contributed by atoms with Gasteiger partial charge in [-0.3, -0.25) is 0 Å². The summed E-state index contributed by atoms with van der Waals surface area (Å²) in [6.45, 7) is 5.93. The van der Waals surface area contributed by atoms with Gasteiger partial charge in [-0.2, -0.15) is 0 Å². The summed E-state index contributed by atoms with van der Waals surface area (Å²) < 4.78 is 4.89. The van der Waals surface area contributed by atoms with Gasteiger partial charge in [0.05, 0.1) is 0 Å². The normalized spacial score (nSPS) is 25.3. The molecule has 0 spiro atoms. The third-order valence-corrected chi connectivity index (χ3v) is 1.25. The molecule has 2 radical (unpaired) electrons. The van der Waals surface area contributed by atoms with Crippen LogP contribution in [0.3, 0.4) is 0 Å². The van der Waals surface area contributed by atoms with E-state index in [-0.39, 0.29) is 0 Å². The molecule has 0 aromatic rings. The molecule has 40 valence electrons. The van der Waals surface area contributed by atoms with E-state index >= 15 is 0 Å². The largest absolute Gasteiger partial charge is 0.369 e. The molecule has 1 heterocycles. The van der Waals surface area contributed by atoms with Gasteiger partial charge in [-0.05, 0) is 18.8 Å². The predicted octanol–water partition coefficient (Wildman–Crippen LogP) is 1.47. The van der Waals surface area contributed by atoms with Crippen LogP contribution in [0.1, 0.15) is 19.8 Å². The van der Waals surface area contributed by atoms with Crippen molar-refractivity contribution in [3.05, 3.63) is 6.61 Å². The van der Waals surface area contributed by atoms with Crippen LogP contribution in [0.25, 0.3) is 0 Å². The Morgan fingerprint density at radius 2 is 2.57 bits per heavy atom. The van der Waals surface area contributed by atoms with Gasteiger partial charge >= 0.3 is 0 Å². The smallest absolute Gasteiger partial charge is 0.132 e. The van der Waals surface area contributed by atoms with Crippen molar-refractivity contribution in [3.8, 4) is 0 Å². The standard InChI is InChI=1S/C6H10O/c1-6-2-4-7-5-3-6/h6H,2-4H2,1H3. The average molecular weight is 98.1 g/mol. The Morgan fingerprint density at radius 1 is 1.71 bits per heavy atom. The summed E-state index contributed by atoms with van der Waals surface area (Å²) in [6.07, 6.45) is 2.22. The molecule has 1 rings (SSSR count). The number of ether oxygens (including phenoxy) is 1. The van der Waals surface area contributed by atoms with Crippen molar-refractivity contribution in [2.75, 3.05) is 6.61 Å². The zero-order valence-corrected chi connectivity index (χ0v) is 4.61. The van der Waals surface area contributed by atoms with E-state index in [4.69, 9.17) is 4.74 Å². The quantitative estimate of drug-likeness (QED) is 0.446. The molecule has 0 aromatic heterocycles. The van der Waals surface area contributed by atoms with Crippen LogP contribution in [0.2, 0.25) is 0 Å². The van der Waals surface area contributed by atoms with Crippen molar-refractivity contribution in [3.63, 3.8) is 0 Å². The van der Waals surface area contributed by atoms with Crippen molar-refractivity contribution in [2.24, 2.45) is 5.92 Å². The lowest BCUT2D eigenvalue weighted by Gasteiger charge is -2.15. The Labute approximate surface area is 44.7 Å². The molecular formula is C6H10O. The summed E-state index contributed by atoms with van der Waals surface area (Å²) in [6, 6.07) is 0. The SMILES string of the molecule is CC1C[C]OCC1. The van der Waals surface area contributed by atoms with Crippen molar-refractivity contribution in [2.45, 2.75) is 19.8 Å². The van der Waals surface area contributed by atoms with Crippen LogP contribution in [0, 0.1) is 12.5 Å². The molecular weight excluding hydrogens is 88.1 g/mol. The second kappa shape index (κ2) is 2.31. The van der Waals surface area contributed by atoms with Crippen LogP contribution in [-0.2, 0) is 4.74 Å². The number of hydrogen-bond donors (Lipinski definition) is 0. The van der Waals surface area contributed by atoms with E-state index < -0.39 is 0 Å². The first-order valence-corrected chi connectivity index (χ1v) is 2.74. The molecule has 1 fully saturated rings. The minimum Gasteiger partial charge on any atom is -0.369 e. The lowest BCUT2D eigenvalue weighted by atomic mass is 10.0. The van der Waals surface area contributed by atoms with E-state index in [2.05, 4.69) is 13.5 Å². The van der Waals surface area contributed by atoms with Crippen LogP contribution >= 0.6 is 0 Å². The predicted molar refractivity (Wildman–Crippen MR) is 27.6 cm³/mol. The Bertz CT molecular complexity index is 46.1. The first kappa shape index (κ1) is 5.10. The van der Waals surface area contributed by atoms with Gasteiger partial charge in [0.25, 0.3) is 0 Å². The van der Waals surface area contributed by atoms with Crippen molar-refractivity contribution in [1.82, 2.24) is 0 Å². The molecule has 1 saturated heterocycles. The Balaban J connectivity index is 2.12. The van der Waals surface area contributed by atoms with Gasteiger partial charge in [-0.25, -0.2) is 0 Å². The summed E-state index contributed by atoms with van der Waals surface area (Å²) in [5, 5.41) is 0. The van der Waals surface area contributed by atoms with Gasteiger partial charge in [0, 0.05) is 6.61 Å². The summed E-state index contributed by atoms with van der Waals surface area (Å²) in [4.78, 5) is 0. The second-order valence-electron chi connectivity index (χ2n) is 2.09. The van der Waals surface area contributed by atoms with Crippen LogP contribution in [-0.4, -0.2) is 6.61 Å². The zero-order chi connectivity index (χ0) is 5.11. The topological polar surface area (TPSA) is 9.23 Å². The van der Waals surface area contributed by atoms with Gasteiger partial charge in [-0.15, -0.1) is 0 Å².